The minimum Gasteiger partial charge on any atom is -0.497 e. The van der Waals surface area contributed by atoms with E-state index in [4.69, 9.17) is 16.3 Å². The Balaban J connectivity index is 1.48. The van der Waals surface area contributed by atoms with E-state index in [1.54, 1.807) is 33.1 Å². The van der Waals surface area contributed by atoms with Crippen molar-refractivity contribution in [3.63, 3.8) is 0 Å². The number of anilines is 1. The van der Waals surface area contributed by atoms with E-state index in [1.165, 1.54) is 29.8 Å². The SMILES string of the molecule is CCCCN(C)Cc1ccc(N2CCC(NC(=O)CCN(C)S(=O)(=O)c3c(C)cc(OC)cc3C)CC2)c(Cl)c1. The van der Waals surface area contributed by atoms with Crippen molar-refractivity contribution >= 4 is 33.2 Å². The summed E-state index contributed by atoms with van der Waals surface area (Å²) in [6, 6.07) is 9.79. The standard InChI is InChI=1S/C30H45ClN4O4S/c1-7-8-14-33(4)21-24-9-10-28(27(31)20-24)35-16-11-25(12-17-35)32-29(36)13-15-34(5)40(37,38)30-22(2)18-26(39-6)19-23(30)3/h9-10,18-20,25H,7-8,11-17,21H2,1-6H3,(H,32,36). The summed E-state index contributed by atoms with van der Waals surface area (Å²) in [6.07, 6.45) is 4.09. The van der Waals surface area contributed by atoms with Crippen molar-refractivity contribution < 1.29 is 17.9 Å². The fourth-order valence-corrected chi connectivity index (χ4v) is 7.16. The maximum atomic E-state index is 13.2. The summed E-state index contributed by atoms with van der Waals surface area (Å²) < 4.78 is 33.0. The van der Waals surface area contributed by atoms with Crippen LogP contribution in [0.4, 0.5) is 5.69 Å². The third kappa shape index (κ3) is 8.35. The molecule has 2 aromatic carbocycles. The third-order valence-electron chi connectivity index (χ3n) is 7.55. The number of benzene rings is 2. The fourth-order valence-electron chi connectivity index (χ4n) is 5.26. The fraction of sp³-hybridized carbons (Fsp3) is 0.567. The smallest absolute Gasteiger partial charge is 0.243 e. The van der Waals surface area contributed by atoms with Crippen LogP contribution in [0.1, 0.15) is 55.7 Å². The number of aryl methyl sites for hydroxylation is 2. The van der Waals surface area contributed by atoms with Crippen LogP contribution in [0.3, 0.4) is 0 Å². The Bertz CT molecular complexity index is 1240. The van der Waals surface area contributed by atoms with Crippen molar-refractivity contribution in [2.24, 2.45) is 0 Å². The maximum Gasteiger partial charge on any atom is 0.243 e. The summed E-state index contributed by atoms with van der Waals surface area (Å²) in [7, 11) is 1.47. The monoisotopic (exact) mass is 592 g/mol. The Morgan fingerprint density at radius 3 is 2.33 bits per heavy atom. The molecule has 222 valence electrons. The molecular formula is C30H45ClN4O4S. The highest BCUT2D eigenvalue weighted by Crippen LogP contribution is 2.30. The molecule has 8 nitrogen and oxygen atoms in total. The van der Waals surface area contributed by atoms with Crippen molar-refractivity contribution in [3.8, 4) is 5.75 Å². The Morgan fingerprint density at radius 2 is 1.75 bits per heavy atom. The number of sulfonamides is 1. The van der Waals surface area contributed by atoms with Gasteiger partial charge in [0.25, 0.3) is 0 Å². The highest BCUT2D eigenvalue weighted by atomic mass is 35.5. The molecule has 0 atom stereocenters. The molecule has 1 amide bonds. The van der Waals surface area contributed by atoms with Gasteiger partial charge in [0.15, 0.2) is 0 Å². The van der Waals surface area contributed by atoms with Gasteiger partial charge in [-0.2, -0.15) is 0 Å². The Hall–Kier alpha value is -2.33. The van der Waals surface area contributed by atoms with E-state index in [1.807, 2.05) is 0 Å². The lowest BCUT2D eigenvalue weighted by molar-refractivity contribution is -0.122. The van der Waals surface area contributed by atoms with Gasteiger partial charge in [-0.3, -0.25) is 4.79 Å². The molecule has 2 aromatic rings. The predicted octanol–water partition coefficient (Wildman–Crippen LogP) is 4.99. The zero-order valence-electron chi connectivity index (χ0n) is 24.8. The number of rotatable bonds is 13. The average Bonchev–Trinajstić information content (AvgIpc) is 2.90. The molecule has 1 aliphatic heterocycles. The molecule has 0 aliphatic carbocycles. The number of carbonyl (C=O) groups is 1. The zero-order valence-corrected chi connectivity index (χ0v) is 26.4. The first kappa shape index (κ1) is 32.2. The Kier molecular flexibility index (Phi) is 11.7. The van der Waals surface area contributed by atoms with Crippen LogP contribution in [0.25, 0.3) is 0 Å². The number of amides is 1. The number of nitrogens with one attached hydrogen (secondary N) is 1. The van der Waals surface area contributed by atoms with Crippen LogP contribution >= 0.6 is 11.6 Å². The van der Waals surface area contributed by atoms with Gasteiger partial charge in [0.05, 0.1) is 22.7 Å². The van der Waals surface area contributed by atoms with Crippen LogP contribution in [-0.4, -0.2) is 77.0 Å². The summed E-state index contributed by atoms with van der Waals surface area (Å²) in [4.78, 5) is 17.6. The number of hydrogen-bond acceptors (Lipinski definition) is 6. The second kappa shape index (κ2) is 14.5. The number of halogens is 1. The van der Waals surface area contributed by atoms with Gasteiger partial charge in [0.1, 0.15) is 5.75 Å². The number of hydrogen-bond donors (Lipinski definition) is 1. The molecule has 0 aromatic heterocycles. The average molecular weight is 593 g/mol. The molecule has 1 fully saturated rings. The second-order valence-electron chi connectivity index (χ2n) is 10.9. The first-order valence-corrected chi connectivity index (χ1v) is 15.9. The zero-order chi connectivity index (χ0) is 29.4. The van der Waals surface area contributed by atoms with Crippen molar-refractivity contribution in [3.05, 3.63) is 52.0 Å². The molecule has 3 rings (SSSR count). The normalized spacial score (nSPS) is 14.7. The minimum atomic E-state index is -3.73. The summed E-state index contributed by atoms with van der Waals surface area (Å²) in [6.45, 7) is 9.36. The van der Waals surface area contributed by atoms with E-state index in [9.17, 15) is 13.2 Å². The number of ether oxygens (including phenoxy) is 1. The number of nitrogens with zero attached hydrogens (tertiary/aromatic N) is 3. The minimum absolute atomic E-state index is 0.0574. The van der Waals surface area contributed by atoms with E-state index in [0.717, 1.165) is 49.7 Å². The Labute approximate surface area is 245 Å². The lowest BCUT2D eigenvalue weighted by Gasteiger charge is -2.34. The molecule has 0 saturated carbocycles. The highest BCUT2D eigenvalue weighted by Gasteiger charge is 2.27. The summed E-state index contributed by atoms with van der Waals surface area (Å²) in [5, 5.41) is 3.85. The van der Waals surface area contributed by atoms with Gasteiger partial charge < -0.3 is 19.9 Å². The highest BCUT2D eigenvalue weighted by molar-refractivity contribution is 7.89. The molecule has 0 spiro atoms. The molecule has 1 aliphatic rings. The molecular weight excluding hydrogens is 548 g/mol. The van der Waals surface area contributed by atoms with Gasteiger partial charge in [-0.1, -0.05) is 31.0 Å². The van der Waals surface area contributed by atoms with Crippen molar-refractivity contribution in [2.75, 3.05) is 52.3 Å². The Morgan fingerprint density at radius 1 is 1.10 bits per heavy atom. The molecule has 1 saturated heterocycles. The predicted molar refractivity (Wildman–Crippen MR) is 163 cm³/mol. The lowest BCUT2D eigenvalue weighted by atomic mass is 10.0. The second-order valence-corrected chi connectivity index (χ2v) is 13.3. The molecule has 0 bridgehead atoms. The maximum absolute atomic E-state index is 13.2. The van der Waals surface area contributed by atoms with E-state index in [0.29, 0.717) is 16.9 Å². The summed E-state index contributed by atoms with van der Waals surface area (Å²) in [5.41, 5.74) is 3.48. The van der Waals surface area contributed by atoms with Crippen LogP contribution < -0.4 is 15.0 Å². The number of carbonyl (C=O) groups excluding carboxylic acids is 1. The van der Waals surface area contributed by atoms with E-state index >= 15 is 0 Å². The van der Waals surface area contributed by atoms with Crippen molar-refractivity contribution in [1.29, 1.82) is 0 Å². The molecule has 0 unspecified atom stereocenters. The lowest BCUT2D eigenvalue weighted by Crippen LogP contribution is -2.45. The number of unbranched alkanes of at least 4 members (excludes halogenated alkanes) is 1. The van der Waals surface area contributed by atoms with Gasteiger partial charge >= 0.3 is 0 Å². The first-order chi connectivity index (χ1) is 19.0. The van der Waals surface area contributed by atoms with Crippen LogP contribution in [0.2, 0.25) is 5.02 Å². The molecule has 1 heterocycles. The third-order valence-corrected chi connectivity index (χ3v) is 10.0. The van der Waals surface area contributed by atoms with E-state index < -0.39 is 10.0 Å². The van der Waals surface area contributed by atoms with Gasteiger partial charge in [0, 0.05) is 45.7 Å². The van der Waals surface area contributed by atoms with Crippen LogP contribution in [0, 0.1) is 13.8 Å². The molecule has 40 heavy (non-hydrogen) atoms. The van der Waals surface area contributed by atoms with E-state index in [2.05, 4.69) is 47.3 Å². The van der Waals surface area contributed by atoms with Gasteiger partial charge in [-0.15, -0.1) is 0 Å². The molecule has 1 N–H and O–H groups in total. The largest absolute Gasteiger partial charge is 0.497 e. The topological polar surface area (TPSA) is 82.2 Å². The van der Waals surface area contributed by atoms with Crippen LogP contribution in [0.15, 0.2) is 35.2 Å². The van der Waals surface area contributed by atoms with Gasteiger partial charge in [0.2, 0.25) is 15.9 Å². The number of methoxy groups -OCH3 is 1. The summed E-state index contributed by atoms with van der Waals surface area (Å²) in [5.74, 6) is 0.477. The van der Waals surface area contributed by atoms with Crippen LogP contribution in [0.5, 0.6) is 5.75 Å². The van der Waals surface area contributed by atoms with Gasteiger partial charge in [-0.05, 0) is 87.7 Å². The first-order valence-electron chi connectivity index (χ1n) is 14.1. The molecule has 10 heteroatoms. The van der Waals surface area contributed by atoms with Crippen molar-refractivity contribution in [1.82, 2.24) is 14.5 Å². The number of piperidine rings is 1. The molecule has 0 radical (unpaired) electrons. The van der Waals surface area contributed by atoms with Crippen molar-refractivity contribution in [2.45, 2.75) is 70.4 Å². The quantitative estimate of drug-likeness (QED) is 0.353. The van der Waals surface area contributed by atoms with Crippen LogP contribution in [-0.2, 0) is 21.4 Å². The summed E-state index contributed by atoms with van der Waals surface area (Å²) >= 11 is 6.67. The van der Waals surface area contributed by atoms with E-state index in [-0.39, 0.29) is 29.8 Å². The van der Waals surface area contributed by atoms with Gasteiger partial charge in [-0.25, -0.2) is 12.7 Å².